The van der Waals surface area contributed by atoms with Crippen LogP contribution in [0, 0.1) is 0 Å². The van der Waals surface area contributed by atoms with Gasteiger partial charge in [0.25, 0.3) is 0 Å². The van der Waals surface area contributed by atoms with Crippen molar-refractivity contribution >= 4 is 20.6 Å². The molecule has 1 saturated heterocycles. The largest absolute Gasteiger partial charge is 0.501 e. The van der Waals surface area contributed by atoms with E-state index in [-0.39, 0.29) is 0 Å². The Morgan fingerprint density at radius 3 is 2.18 bits per heavy atom. The molecule has 0 aromatic carbocycles. The monoisotopic (exact) mass is 352 g/mol. The summed E-state index contributed by atoms with van der Waals surface area (Å²) in [5.41, 5.74) is 0.387. The number of hydrogen-bond donors (Lipinski definition) is 0. The number of ether oxygens (including phenoxy) is 2. The van der Waals surface area contributed by atoms with Crippen molar-refractivity contribution in [2.24, 2.45) is 0 Å². The van der Waals surface area contributed by atoms with Crippen LogP contribution in [0.15, 0.2) is 0 Å². The molecule has 0 amide bonds. The van der Waals surface area contributed by atoms with Crippen molar-refractivity contribution in [3.05, 3.63) is 0 Å². The maximum absolute atomic E-state index is 5.82. The van der Waals surface area contributed by atoms with Crippen LogP contribution in [-0.4, -0.2) is 59.6 Å². The lowest BCUT2D eigenvalue weighted by molar-refractivity contribution is 0.0334. The minimum absolute atomic E-state index is 0.387. The van der Waals surface area contributed by atoms with Crippen molar-refractivity contribution in [3.8, 4) is 0 Å². The van der Waals surface area contributed by atoms with Crippen LogP contribution in [0.1, 0.15) is 40.0 Å². The topological polar surface area (TPSA) is 46.2 Å². The van der Waals surface area contributed by atoms with Gasteiger partial charge in [0.05, 0.1) is 13.2 Å². The van der Waals surface area contributed by atoms with Crippen LogP contribution < -0.4 is 0 Å². The highest BCUT2D eigenvalue weighted by atomic mass is 32.2. The summed E-state index contributed by atoms with van der Waals surface area (Å²) in [6, 6.07) is 0.807. The van der Waals surface area contributed by atoms with Gasteiger partial charge in [-0.1, -0.05) is 0 Å². The molecule has 1 aliphatic rings. The Kier molecular flexibility index (Phi) is 11.8. The summed E-state index contributed by atoms with van der Waals surface area (Å²) in [7, 11) is -2.50. The van der Waals surface area contributed by atoms with E-state index in [4.69, 9.17) is 22.8 Å². The molecule has 1 fully saturated rings. The summed E-state index contributed by atoms with van der Waals surface area (Å²) < 4.78 is 28.8. The van der Waals surface area contributed by atoms with Crippen LogP contribution in [0.2, 0.25) is 6.04 Å². The highest BCUT2D eigenvalue weighted by Gasteiger charge is 2.39. The van der Waals surface area contributed by atoms with Gasteiger partial charge in [0.1, 0.15) is 5.44 Å². The molecule has 1 atom stereocenters. The fraction of sp³-hybridized carbons (Fsp3) is 1.00. The van der Waals surface area contributed by atoms with Crippen LogP contribution in [0.4, 0.5) is 0 Å². The summed E-state index contributed by atoms with van der Waals surface area (Å²) in [5.74, 6) is 1.23. The Bertz CT molecular complexity index is 247. The second-order valence-corrected chi connectivity index (χ2v) is 9.01. The lowest BCUT2D eigenvalue weighted by Crippen LogP contribution is -2.46. The van der Waals surface area contributed by atoms with E-state index >= 15 is 0 Å². The molecule has 0 N–H and O–H groups in total. The molecule has 0 saturated carbocycles. The molecule has 132 valence electrons. The molecule has 5 nitrogen and oxygen atoms in total. The molecule has 0 aromatic rings. The molecular formula is C15H32O5SSi. The SMILES string of the molecule is CCO[Si](CCCOCCOC1CCCS1)(OCC)OCC. The summed E-state index contributed by atoms with van der Waals surface area (Å²) in [5, 5.41) is 0. The van der Waals surface area contributed by atoms with Crippen molar-refractivity contribution in [1.29, 1.82) is 0 Å². The van der Waals surface area contributed by atoms with E-state index in [2.05, 4.69) is 0 Å². The van der Waals surface area contributed by atoms with Gasteiger partial charge < -0.3 is 22.8 Å². The zero-order valence-corrected chi connectivity index (χ0v) is 16.1. The molecule has 0 bridgehead atoms. The fourth-order valence-electron chi connectivity index (χ4n) is 2.41. The van der Waals surface area contributed by atoms with Gasteiger partial charge in [-0.2, -0.15) is 0 Å². The minimum atomic E-state index is -2.50. The van der Waals surface area contributed by atoms with Crippen LogP contribution in [0.5, 0.6) is 0 Å². The summed E-state index contributed by atoms with van der Waals surface area (Å²) >= 11 is 1.91. The fourth-order valence-corrected chi connectivity index (χ4v) is 6.11. The first-order chi connectivity index (χ1) is 10.8. The number of rotatable bonds is 14. The quantitative estimate of drug-likeness (QED) is 0.353. The molecule has 0 aromatic heterocycles. The molecular weight excluding hydrogens is 320 g/mol. The highest BCUT2D eigenvalue weighted by molar-refractivity contribution is 8.00. The van der Waals surface area contributed by atoms with E-state index in [9.17, 15) is 0 Å². The van der Waals surface area contributed by atoms with Gasteiger partial charge in [-0.05, 0) is 45.8 Å². The van der Waals surface area contributed by atoms with Gasteiger partial charge in [0.15, 0.2) is 0 Å². The van der Waals surface area contributed by atoms with E-state index in [1.54, 1.807) is 0 Å². The number of hydrogen-bond acceptors (Lipinski definition) is 6. The van der Waals surface area contributed by atoms with E-state index in [1.807, 2.05) is 32.5 Å². The zero-order valence-electron chi connectivity index (χ0n) is 14.3. The van der Waals surface area contributed by atoms with Crippen LogP contribution in [-0.2, 0) is 22.8 Å². The summed E-state index contributed by atoms with van der Waals surface area (Å²) in [4.78, 5) is 0. The third-order valence-corrected chi connectivity index (χ3v) is 7.70. The van der Waals surface area contributed by atoms with Gasteiger partial charge in [-0.3, -0.25) is 0 Å². The van der Waals surface area contributed by atoms with E-state index in [0.29, 0.717) is 45.1 Å². The third-order valence-electron chi connectivity index (χ3n) is 3.28. The molecule has 1 heterocycles. The smallest absolute Gasteiger partial charge is 0.379 e. The molecule has 7 heteroatoms. The highest BCUT2D eigenvalue weighted by Crippen LogP contribution is 2.26. The first-order valence-corrected chi connectivity index (χ1v) is 11.5. The molecule has 0 radical (unpaired) electrons. The standard InChI is InChI=1S/C15H32O5SSi/c1-4-18-22(19-5-2,20-6-3)14-8-10-16-11-12-17-15-9-7-13-21-15/h15H,4-14H2,1-3H3. The predicted octanol–water partition coefficient (Wildman–Crippen LogP) is 3.31. The Labute approximate surface area is 140 Å². The van der Waals surface area contributed by atoms with Crippen molar-refractivity contribution in [2.75, 3.05) is 45.4 Å². The average molecular weight is 353 g/mol. The van der Waals surface area contributed by atoms with E-state index in [1.165, 1.54) is 18.6 Å². The molecule has 0 aliphatic carbocycles. The lowest BCUT2D eigenvalue weighted by atomic mass is 10.4. The Morgan fingerprint density at radius 2 is 1.64 bits per heavy atom. The van der Waals surface area contributed by atoms with Crippen LogP contribution in [0.25, 0.3) is 0 Å². The summed E-state index contributed by atoms with van der Waals surface area (Å²) in [6.07, 6.45) is 3.34. The third kappa shape index (κ3) is 8.28. The normalized spacial score (nSPS) is 19.0. The minimum Gasteiger partial charge on any atom is -0.379 e. The second kappa shape index (κ2) is 12.7. The van der Waals surface area contributed by atoms with Crippen molar-refractivity contribution in [2.45, 2.75) is 51.5 Å². The van der Waals surface area contributed by atoms with Crippen LogP contribution >= 0.6 is 11.8 Å². The van der Waals surface area contributed by atoms with Crippen molar-refractivity contribution < 1.29 is 22.8 Å². The molecule has 1 aliphatic heterocycles. The predicted molar refractivity (Wildman–Crippen MR) is 92.3 cm³/mol. The zero-order chi connectivity index (χ0) is 16.1. The second-order valence-electron chi connectivity index (χ2n) is 5.01. The van der Waals surface area contributed by atoms with Crippen LogP contribution in [0.3, 0.4) is 0 Å². The Morgan fingerprint density at radius 1 is 0.955 bits per heavy atom. The van der Waals surface area contributed by atoms with E-state index < -0.39 is 8.80 Å². The average Bonchev–Trinajstić information content (AvgIpc) is 3.00. The van der Waals surface area contributed by atoms with E-state index in [0.717, 1.165) is 12.5 Å². The first-order valence-electron chi connectivity index (χ1n) is 8.49. The molecule has 0 spiro atoms. The van der Waals surface area contributed by atoms with Gasteiger partial charge in [0.2, 0.25) is 0 Å². The maximum Gasteiger partial charge on any atom is 0.501 e. The van der Waals surface area contributed by atoms with Gasteiger partial charge in [-0.15, -0.1) is 11.8 Å². The van der Waals surface area contributed by atoms with Gasteiger partial charge in [-0.25, -0.2) is 0 Å². The molecule has 1 unspecified atom stereocenters. The maximum atomic E-state index is 5.82. The Hall–Kier alpha value is 0.367. The lowest BCUT2D eigenvalue weighted by Gasteiger charge is -2.28. The van der Waals surface area contributed by atoms with Crippen molar-refractivity contribution in [3.63, 3.8) is 0 Å². The van der Waals surface area contributed by atoms with Gasteiger partial charge >= 0.3 is 8.80 Å². The molecule has 1 rings (SSSR count). The number of thioether (sulfide) groups is 1. The summed E-state index contributed by atoms with van der Waals surface area (Å²) in [6.45, 7) is 9.85. The Balaban J connectivity index is 2.10. The van der Waals surface area contributed by atoms with Crippen molar-refractivity contribution in [1.82, 2.24) is 0 Å². The first kappa shape index (κ1) is 20.4. The molecule has 22 heavy (non-hydrogen) atoms. The van der Waals surface area contributed by atoms with Gasteiger partial charge in [0, 0.05) is 32.5 Å².